The normalized spacial score (nSPS) is 6.89. The van der Waals surface area contributed by atoms with Gasteiger partial charge in [-0.1, -0.05) is 12.2 Å². The molecule has 3 heteroatoms. The van der Waals surface area contributed by atoms with Gasteiger partial charge in [0.1, 0.15) is 0 Å². The molecule has 0 unspecified atom stereocenters. The number of rotatable bonds is 3. The zero-order valence-corrected chi connectivity index (χ0v) is 6.10. The lowest BCUT2D eigenvalue weighted by Crippen LogP contribution is -1.96. The highest BCUT2D eigenvalue weighted by atomic mass is 35.5. The third-order valence-electron chi connectivity index (χ3n) is 0.323. The topological polar surface area (TPSA) is 35.2 Å². The molecule has 2 nitrogen and oxygen atoms in total. The molecule has 0 fully saturated rings. The summed E-state index contributed by atoms with van der Waals surface area (Å²) in [6.45, 7) is 7.12. The predicted molar refractivity (Wildman–Crippen MR) is 41.3 cm³/mol. The number of nitrogens with two attached hydrogens (primary N) is 1. The second kappa shape index (κ2) is 15.6. The summed E-state index contributed by atoms with van der Waals surface area (Å²) in [5.41, 5.74) is 0. The van der Waals surface area contributed by atoms with Crippen LogP contribution in [0.4, 0.5) is 0 Å². The molecule has 0 atom stereocenters. The molecule has 0 aromatic rings. The fourth-order valence-electron chi connectivity index (χ4n) is 0.0680. The van der Waals surface area contributed by atoms with Crippen LogP contribution in [0.2, 0.25) is 0 Å². The van der Waals surface area contributed by atoms with Crippen LogP contribution in [0.3, 0.4) is 0 Å². The van der Waals surface area contributed by atoms with Crippen LogP contribution in [-0.4, -0.2) is 12.5 Å². The Hall–Kier alpha value is -0.310. The Morgan fingerprint density at radius 2 is 1.89 bits per heavy atom. The second-order valence-electron chi connectivity index (χ2n) is 1.06. The van der Waals surface area contributed by atoms with Crippen molar-refractivity contribution in [2.75, 3.05) is 12.5 Å². The number of halogens is 1. The van der Waals surface area contributed by atoms with E-state index in [2.05, 4.69) is 23.9 Å². The first kappa shape index (κ1) is 11.5. The zero-order valence-electron chi connectivity index (χ0n) is 5.35. The fourth-order valence-corrected chi connectivity index (χ4v) is 0.0680. The summed E-state index contributed by atoms with van der Waals surface area (Å²) in [6.07, 6.45) is 3.22. The number of alkyl halides is 1. The third kappa shape index (κ3) is 34.4. The van der Waals surface area contributed by atoms with Gasteiger partial charge in [0.05, 0.1) is 6.61 Å². The van der Waals surface area contributed by atoms with Gasteiger partial charge in [-0.2, -0.15) is 0 Å². The molecule has 0 aliphatic rings. The Balaban J connectivity index is 0. The van der Waals surface area contributed by atoms with Crippen molar-refractivity contribution in [2.24, 2.45) is 5.90 Å². The van der Waals surface area contributed by atoms with Crippen molar-refractivity contribution in [3.8, 4) is 0 Å². The van der Waals surface area contributed by atoms with Gasteiger partial charge in [-0.25, -0.2) is 5.90 Å². The van der Waals surface area contributed by atoms with E-state index in [0.29, 0.717) is 12.5 Å². The van der Waals surface area contributed by atoms with Crippen LogP contribution in [0, 0.1) is 0 Å². The molecule has 0 spiro atoms. The molecule has 0 bridgehead atoms. The highest BCUT2D eigenvalue weighted by Gasteiger charge is 1.58. The van der Waals surface area contributed by atoms with Gasteiger partial charge in [0.15, 0.2) is 0 Å². The lowest BCUT2D eigenvalue weighted by Gasteiger charge is -1.79. The minimum atomic E-state index is 0.431. The molecule has 54 valence electrons. The minimum absolute atomic E-state index is 0.431. The minimum Gasteiger partial charge on any atom is -0.300 e. The molecule has 0 saturated carbocycles. The summed E-state index contributed by atoms with van der Waals surface area (Å²) in [5, 5.41) is 0. The SMILES string of the molecule is C=CCCl.C=CCON. The molecule has 0 heterocycles. The first-order valence-corrected chi connectivity index (χ1v) is 2.96. The maximum absolute atomic E-state index is 5.07. The van der Waals surface area contributed by atoms with E-state index in [1.807, 2.05) is 0 Å². The van der Waals surface area contributed by atoms with Crippen molar-refractivity contribution in [3.05, 3.63) is 25.3 Å². The lowest BCUT2D eigenvalue weighted by molar-refractivity contribution is 0.168. The average Bonchev–Trinajstić information content (AvgIpc) is 1.91. The smallest absolute Gasteiger partial charge is 0.0858 e. The van der Waals surface area contributed by atoms with Crippen LogP contribution in [0.15, 0.2) is 25.3 Å². The van der Waals surface area contributed by atoms with Gasteiger partial charge in [-0.3, -0.25) is 0 Å². The zero-order chi connectivity index (χ0) is 7.54. The van der Waals surface area contributed by atoms with Crippen molar-refractivity contribution < 1.29 is 4.84 Å². The van der Waals surface area contributed by atoms with Gasteiger partial charge < -0.3 is 4.84 Å². The van der Waals surface area contributed by atoms with Crippen LogP contribution < -0.4 is 5.90 Å². The van der Waals surface area contributed by atoms with Gasteiger partial charge >= 0.3 is 0 Å². The van der Waals surface area contributed by atoms with Crippen molar-refractivity contribution in [2.45, 2.75) is 0 Å². The summed E-state index contributed by atoms with van der Waals surface area (Å²) in [7, 11) is 0. The lowest BCUT2D eigenvalue weighted by atomic mass is 10.7. The average molecular weight is 150 g/mol. The predicted octanol–water partition coefficient (Wildman–Crippen LogP) is 1.47. The molecule has 0 aliphatic carbocycles. The maximum Gasteiger partial charge on any atom is 0.0858 e. The fraction of sp³-hybridized carbons (Fsp3) is 0.333. The van der Waals surface area contributed by atoms with Gasteiger partial charge in [0, 0.05) is 5.88 Å². The third-order valence-corrected chi connectivity index (χ3v) is 0.541. The molecule has 0 radical (unpaired) electrons. The first-order chi connectivity index (χ1) is 4.33. The van der Waals surface area contributed by atoms with E-state index in [9.17, 15) is 0 Å². The molecule has 0 aromatic heterocycles. The molecular formula is C6H12ClNO. The van der Waals surface area contributed by atoms with Crippen molar-refractivity contribution in [1.29, 1.82) is 0 Å². The Morgan fingerprint density at radius 1 is 1.44 bits per heavy atom. The highest BCUT2D eigenvalue weighted by Crippen LogP contribution is 1.67. The Labute approximate surface area is 60.9 Å². The summed E-state index contributed by atoms with van der Waals surface area (Å²) in [5.74, 6) is 5.12. The van der Waals surface area contributed by atoms with Crippen LogP contribution in [0.1, 0.15) is 0 Å². The highest BCUT2D eigenvalue weighted by molar-refractivity contribution is 6.18. The van der Waals surface area contributed by atoms with Gasteiger partial charge in [-0.15, -0.1) is 24.8 Å². The molecule has 0 aliphatic heterocycles. The molecule has 0 rings (SSSR count). The van der Waals surface area contributed by atoms with Gasteiger partial charge in [-0.05, 0) is 0 Å². The number of hydrogen-bond acceptors (Lipinski definition) is 2. The van der Waals surface area contributed by atoms with E-state index in [1.54, 1.807) is 12.2 Å². The second-order valence-corrected chi connectivity index (χ2v) is 1.37. The van der Waals surface area contributed by atoms with Crippen LogP contribution >= 0.6 is 11.6 Å². The standard InChI is InChI=1S/C3H5Cl.C3H7NO/c1-2-3-4;1-2-3-5-4/h2H,1,3H2;2H,1,3-4H2. The summed E-state index contributed by atoms with van der Waals surface area (Å²) >= 11 is 5.07. The first-order valence-electron chi connectivity index (χ1n) is 2.42. The molecule has 2 N–H and O–H groups in total. The van der Waals surface area contributed by atoms with Crippen LogP contribution in [0.5, 0.6) is 0 Å². The number of allylic oxidation sites excluding steroid dienone is 1. The van der Waals surface area contributed by atoms with E-state index < -0.39 is 0 Å². The van der Waals surface area contributed by atoms with Crippen molar-refractivity contribution in [1.82, 2.24) is 0 Å². The van der Waals surface area contributed by atoms with Gasteiger partial charge in [0.25, 0.3) is 0 Å². The van der Waals surface area contributed by atoms with E-state index >= 15 is 0 Å². The Morgan fingerprint density at radius 3 is 1.89 bits per heavy atom. The summed E-state index contributed by atoms with van der Waals surface area (Å²) in [4.78, 5) is 4.07. The van der Waals surface area contributed by atoms with E-state index in [-0.39, 0.29) is 0 Å². The van der Waals surface area contributed by atoms with Crippen molar-refractivity contribution in [3.63, 3.8) is 0 Å². The monoisotopic (exact) mass is 149 g/mol. The van der Waals surface area contributed by atoms with Crippen LogP contribution in [0.25, 0.3) is 0 Å². The molecule has 0 aromatic carbocycles. The quantitative estimate of drug-likeness (QED) is 0.375. The van der Waals surface area contributed by atoms with E-state index in [0.717, 1.165) is 0 Å². The molecule has 0 amide bonds. The Bertz CT molecular complexity index is 66.1. The van der Waals surface area contributed by atoms with Gasteiger partial charge in [0.2, 0.25) is 0 Å². The molecule has 0 saturated heterocycles. The maximum atomic E-state index is 5.07. The van der Waals surface area contributed by atoms with E-state index in [4.69, 9.17) is 11.6 Å². The summed E-state index contributed by atoms with van der Waals surface area (Å²) in [6, 6.07) is 0. The van der Waals surface area contributed by atoms with E-state index in [1.165, 1.54) is 0 Å². The van der Waals surface area contributed by atoms with Crippen LogP contribution in [-0.2, 0) is 4.84 Å². The van der Waals surface area contributed by atoms with Crippen molar-refractivity contribution >= 4 is 11.6 Å². The summed E-state index contributed by atoms with van der Waals surface area (Å²) < 4.78 is 0. The largest absolute Gasteiger partial charge is 0.300 e. The molecular weight excluding hydrogens is 138 g/mol. The molecule has 9 heavy (non-hydrogen) atoms. The Kier molecular flexibility index (Phi) is 20.0. The number of hydrogen-bond donors (Lipinski definition) is 1.